The summed E-state index contributed by atoms with van der Waals surface area (Å²) in [6.07, 6.45) is 8.50. The van der Waals surface area contributed by atoms with Crippen molar-refractivity contribution in [2.75, 3.05) is 27.9 Å². The van der Waals surface area contributed by atoms with E-state index in [0.29, 0.717) is 30.8 Å². The van der Waals surface area contributed by atoms with Crippen molar-refractivity contribution >= 4 is 23.8 Å². The molecule has 0 aromatic heterocycles. The molecule has 36 heavy (non-hydrogen) atoms. The third-order valence-corrected chi connectivity index (χ3v) is 5.67. The van der Waals surface area contributed by atoms with E-state index in [4.69, 9.17) is 14.2 Å². The smallest absolute Gasteiger partial charge is 0.305 e. The van der Waals surface area contributed by atoms with Gasteiger partial charge in [-0.25, -0.2) is 0 Å². The summed E-state index contributed by atoms with van der Waals surface area (Å²) in [7, 11) is 4.33. The molecule has 0 saturated heterocycles. The second-order valence-electron chi connectivity index (χ2n) is 8.27. The number of unbranched alkanes of at least 4 members (excludes halogenated alkanes) is 2. The number of methoxy groups -OCH3 is 3. The van der Waals surface area contributed by atoms with Crippen molar-refractivity contribution in [3.8, 4) is 11.5 Å². The number of aryl methyl sites for hydroxylation is 1. The summed E-state index contributed by atoms with van der Waals surface area (Å²) in [4.78, 5) is 35.5. The lowest BCUT2D eigenvalue weighted by Crippen LogP contribution is -2.07. The number of esters is 2. The van der Waals surface area contributed by atoms with Crippen molar-refractivity contribution in [3.05, 3.63) is 65.2 Å². The zero-order valence-electron chi connectivity index (χ0n) is 21.4. The fraction of sp³-hybridized carbons (Fsp3) is 0.414. The Kier molecular flexibility index (Phi) is 12.8. The summed E-state index contributed by atoms with van der Waals surface area (Å²) in [6, 6.07) is 13.2. The summed E-state index contributed by atoms with van der Waals surface area (Å²) < 4.78 is 20.5. The molecule has 0 radical (unpaired) electrons. The van der Waals surface area contributed by atoms with Crippen LogP contribution in [-0.2, 0) is 25.5 Å². The van der Waals surface area contributed by atoms with Crippen LogP contribution in [0.3, 0.4) is 0 Å². The largest absolute Gasteiger partial charge is 0.497 e. The molecule has 194 valence electrons. The van der Waals surface area contributed by atoms with Crippen molar-refractivity contribution < 1.29 is 33.3 Å². The average molecular weight is 497 g/mol. The van der Waals surface area contributed by atoms with Crippen molar-refractivity contribution in [2.45, 2.75) is 51.4 Å². The third-order valence-electron chi connectivity index (χ3n) is 5.67. The van der Waals surface area contributed by atoms with Crippen LogP contribution in [0.25, 0.3) is 6.08 Å². The number of Topliss-reactive ketones (excluding diaryl/α,β-unsaturated/α-hetero) is 1. The van der Waals surface area contributed by atoms with Crippen LogP contribution in [0.15, 0.2) is 48.5 Å². The predicted molar refractivity (Wildman–Crippen MR) is 138 cm³/mol. The van der Waals surface area contributed by atoms with E-state index in [1.807, 2.05) is 24.3 Å². The molecule has 0 spiro atoms. The fourth-order valence-electron chi connectivity index (χ4n) is 3.55. The first kappa shape index (κ1) is 28.6. The molecule has 2 rings (SSSR count). The quantitative estimate of drug-likeness (QED) is 0.170. The van der Waals surface area contributed by atoms with E-state index in [9.17, 15) is 14.4 Å². The molecule has 0 aliphatic carbocycles. The molecule has 0 bridgehead atoms. The van der Waals surface area contributed by atoms with Crippen LogP contribution in [0.4, 0.5) is 0 Å². The Morgan fingerprint density at radius 1 is 0.806 bits per heavy atom. The first-order valence-corrected chi connectivity index (χ1v) is 12.2. The maximum absolute atomic E-state index is 12.6. The number of carbonyl (C=O) groups is 3. The second-order valence-corrected chi connectivity index (χ2v) is 8.27. The van der Waals surface area contributed by atoms with Crippen LogP contribution in [0.1, 0.15) is 66.4 Å². The third kappa shape index (κ3) is 10.3. The van der Waals surface area contributed by atoms with E-state index in [1.54, 1.807) is 25.3 Å². The van der Waals surface area contributed by atoms with Gasteiger partial charge >= 0.3 is 11.9 Å². The number of hydrogen-bond acceptors (Lipinski definition) is 7. The fourth-order valence-corrected chi connectivity index (χ4v) is 3.55. The summed E-state index contributed by atoms with van der Waals surface area (Å²) >= 11 is 0. The van der Waals surface area contributed by atoms with E-state index >= 15 is 0 Å². The molecule has 0 N–H and O–H groups in total. The van der Waals surface area contributed by atoms with Gasteiger partial charge in [0.1, 0.15) is 11.5 Å². The average Bonchev–Trinajstić information content (AvgIpc) is 2.91. The number of ketones is 1. The second kappa shape index (κ2) is 16.1. The molecule has 0 heterocycles. The van der Waals surface area contributed by atoms with Gasteiger partial charge in [0.15, 0.2) is 5.78 Å². The first-order chi connectivity index (χ1) is 17.5. The Labute approximate surface area is 213 Å². The number of allylic oxidation sites excluding steroid dienone is 1. The minimum absolute atomic E-state index is 0.0616. The Bertz CT molecular complexity index is 1010. The molecule has 0 aliphatic heterocycles. The highest BCUT2D eigenvalue weighted by atomic mass is 16.5. The van der Waals surface area contributed by atoms with Crippen molar-refractivity contribution in [1.82, 2.24) is 0 Å². The van der Waals surface area contributed by atoms with Crippen LogP contribution >= 0.6 is 0 Å². The van der Waals surface area contributed by atoms with Crippen LogP contribution in [0.2, 0.25) is 0 Å². The highest BCUT2D eigenvalue weighted by Gasteiger charge is 2.13. The molecular formula is C29H36O7. The zero-order chi connectivity index (χ0) is 26.2. The van der Waals surface area contributed by atoms with E-state index < -0.39 is 0 Å². The van der Waals surface area contributed by atoms with Gasteiger partial charge in [0, 0.05) is 24.8 Å². The van der Waals surface area contributed by atoms with Gasteiger partial charge in [-0.15, -0.1) is 0 Å². The lowest BCUT2D eigenvalue weighted by Gasteiger charge is -2.13. The van der Waals surface area contributed by atoms with Crippen LogP contribution in [0.5, 0.6) is 11.5 Å². The standard InChI is InChI=1S/C29H36O7/c1-33-25-16-12-22(13-17-25)9-6-4-5-7-20-36-27-18-14-23(21-24(27)15-19-29(32)35-3)26(30)10-8-11-28(31)34-2/h6,9,12-14,16-18,21H,4-5,7-8,10-11,15,19-20H2,1-3H3. The molecule has 2 aromatic carbocycles. The molecule has 7 heteroatoms. The Hall–Kier alpha value is -3.61. The van der Waals surface area contributed by atoms with Crippen molar-refractivity contribution in [3.63, 3.8) is 0 Å². The molecule has 2 aromatic rings. The SMILES string of the molecule is COC(=O)CCCC(=O)c1ccc(OCCCCC=Cc2ccc(OC)cc2)c(CCC(=O)OC)c1. The highest BCUT2D eigenvalue weighted by molar-refractivity contribution is 5.96. The molecule has 0 aliphatic rings. The molecular weight excluding hydrogens is 460 g/mol. The van der Waals surface area contributed by atoms with Gasteiger partial charge < -0.3 is 18.9 Å². The Morgan fingerprint density at radius 2 is 1.53 bits per heavy atom. The van der Waals surface area contributed by atoms with Gasteiger partial charge in [-0.3, -0.25) is 14.4 Å². The number of ether oxygens (including phenoxy) is 4. The molecule has 0 amide bonds. The van der Waals surface area contributed by atoms with E-state index in [0.717, 1.165) is 36.1 Å². The monoisotopic (exact) mass is 496 g/mol. The van der Waals surface area contributed by atoms with E-state index in [-0.39, 0.29) is 37.0 Å². The van der Waals surface area contributed by atoms with Gasteiger partial charge in [-0.2, -0.15) is 0 Å². The van der Waals surface area contributed by atoms with Gasteiger partial charge in [0.05, 0.1) is 27.9 Å². The van der Waals surface area contributed by atoms with Gasteiger partial charge in [0.25, 0.3) is 0 Å². The summed E-state index contributed by atoms with van der Waals surface area (Å²) in [5, 5.41) is 0. The number of rotatable bonds is 16. The zero-order valence-corrected chi connectivity index (χ0v) is 21.4. The lowest BCUT2D eigenvalue weighted by atomic mass is 10.00. The minimum atomic E-state index is -0.332. The first-order valence-electron chi connectivity index (χ1n) is 12.2. The summed E-state index contributed by atoms with van der Waals surface area (Å²) in [6.45, 7) is 0.536. The summed E-state index contributed by atoms with van der Waals surface area (Å²) in [5.74, 6) is 0.791. The van der Waals surface area contributed by atoms with Crippen LogP contribution in [-0.4, -0.2) is 45.7 Å². The molecule has 0 saturated carbocycles. The minimum Gasteiger partial charge on any atom is -0.497 e. The maximum atomic E-state index is 12.6. The Morgan fingerprint density at radius 3 is 2.22 bits per heavy atom. The normalized spacial score (nSPS) is 10.8. The van der Waals surface area contributed by atoms with Gasteiger partial charge in [-0.05, 0) is 73.6 Å². The van der Waals surface area contributed by atoms with Gasteiger partial charge in [-0.1, -0.05) is 24.3 Å². The van der Waals surface area contributed by atoms with E-state index in [1.165, 1.54) is 14.2 Å². The maximum Gasteiger partial charge on any atom is 0.305 e. The molecule has 0 fully saturated rings. The van der Waals surface area contributed by atoms with Crippen LogP contribution < -0.4 is 9.47 Å². The number of benzene rings is 2. The summed E-state index contributed by atoms with van der Waals surface area (Å²) in [5.41, 5.74) is 2.46. The van der Waals surface area contributed by atoms with Crippen molar-refractivity contribution in [2.24, 2.45) is 0 Å². The van der Waals surface area contributed by atoms with Gasteiger partial charge in [0.2, 0.25) is 0 Å². The van der Waals surface area contributed by atoms with E-state index in [2.05, 4.69) is 16.9 Å². The highest BCUT2D eigenvalue weighted by Crippen LogP contribution is 2.24. The predicted octanol–water partition coefficient (Wildman–Crippen LogP) is 5.59. The van der Waals surface area contributed by atoms with Crippen LogP contribution in [0, 0.1) is 0 Å². The molecule has 0 atom stereocenters. The van der Waals surface area contributed by atoms with Crippen molar-refractivity contribution in [1.29, 1.82) is 0 Å². The lowest BCUT2D eigenvalue weighted by molar-refractivity contribution is -0.141. The topological polar surface area (TPSA) is 88.1 Å². The Balaban J connectivity index is 1.87. The molecule has 7 nitrogen and oxygen atoms in total. The number of carbonyl (C=O) groups excluding carboxylic acids is 3. The molecule has 0 unspecified atom stereocenters. The number of hydrogen-bond donors (Lipinski definition) is 0.